The summed E-state index contributed by atoms with van der Waals surface area (Å²) >= 11 is 11.8. The number of halogens is 2. The lowest BCUT2D eigenvalue weighted by Crippen LogP contribution is -2.07. The SMILES string of the molecule is CC(Nc1cc(Cl)c(Cl)cc1N)c1cn[nH]c1. The third-order valence-corrected chi connectivity index (χ3v) is 3.21. The van der Waals surface area contributed by atoms with E-state index in [9.17, 15) is 0 Å². The zero-order valence-corrected chi connectivity index (χ0v) is 10.7. The summed E-state index contributed by atoms with van der Waals surface area (Å²) in [6.07, 6.45) is 3.58. The van der Waals surface area contributed by atoms with Crippen LogP contribution in [-0.4, -0.2) is 10.2 Å². The Bertz CT molecular complexity index is 510. The second-order valence-electron chi connectivity index (χ2n) is 3.75. The highest BCUT2D eigenvalue weighted by atomic mass is 35.5. The fourth-order valence-corrected chi connectivity index (χ4v) is 1.84. The zero-order valence-electron chi connectivity index (χ0n) is 9.17. The summed E-state index contributed by atoms with van der Waals surface area (Å²) in [5, 5.41) is 10.8. The van der Waals surface area contributed by atoms with Gasteiger partial charge in [0, 0.05) is 11.8 Å². The van der Waals surface area contributed by atoms with Crippen molar-refractivity contribution >= 4 is 34.6 Å². The van der Waals surface area contributed by atoms with Crippen molar-refractivity contribution in [2.75, 3.05) is 11.1 Å². The van der Waals surface area contributed by atoms with Gasteiger partial charge in [-0.15, -0.1) is 0 Å². The van der Waals surface area contributed by atoms with Gasteiger partial charge in [-0.25, -0.2) is 0 Å². The molecule has 2 rings (SSSR count). The van der Waals surface area contributed by atoms with Crippen LogP contribution < -0.4 is 11.1 Å². The topological polar surface area (TPSA) is 66.7 Å². The molecule has 0 saturated heterocycles. The number of nitrogens with two attached hydrogens (primary N) is 1. The molecule has 0 aliphatic heterocycles. The lowest BCUT2D eigenvalue weighted by molar-refractivity contribution is 0.887. The number of nitrogens with zero attached hydrogens (tertiary/aromatic N) is 1. The summed E-state index contributed by atoms with van der Waals surface area (Å²) in [7, 11) is 0. The Morgan fingerprint density at radius 2 is 2.06 bits per heavy atom. The summed E-state index contributed by atoms with van der Waals surface area (Å²) in [5.41, 5.74) is 8.22. The van der Waals surface area contributed by atoms with E-state index in [2.05, 4.69) is 15.5 Å². The minimum Gasteiger partial charge on any atom is -0.397 e. The van der Waals surface area contributed by atoms with Crippen molar-refractivity contribution in [1.82, 2.24) is 10.2 Å². The molecule has 0 radical (unpaired) electrons. The zero-order chi connectivity index (χ0) is 12.4. The fraction of sp³-hybridized carbons (Fsp3) is 0.182. The maximum atomic E-state index is 5.95. The number of nitrogens with one attached hydrogen (secondary N) is 2. The molecule has 1 aromatic carbocycles. The van der Waals surface area contributed by atoms with Crippen LogP contribution in [0.25, 0.3) is 0 Å². The van der Waals surface area contributed by atoms with Gasteiger partial charge in [-0.1, -0.05) is 23.2 Å². The molecule has 4 N–H and O–H groups in total. The van der Waals surface area contributed by atoms with E-state index in [-0.39, 0.29) is 6.04 Å². The van der Waals surface area contributed by atoms with Crippen molar-refractivity contribution in [2.45, 2.75) is 13.0 Å². The van der Waals surface area contributed by atoms with Crippen LogP contribution in [0.3, 0.4) is 0 Å². The van der Waals surface area contributed by atoms with Gasteiger partial charge in [0.25, 0.3) is 0 Å². The average molecular weight is 271 g/mol. The molecule has 1 aromatic heterocycles. The van der Waals surface area contributed by atoms with Gasteiger partial charge in [0.15, 0.2) is 0 Å². The monoisotopic (exact) mass is 270 g/mol. The summed E-state index contributed by atoms with van der Waals surface area (Å²) in [6.45, 7) is 2.01. The van der Waals surface area contributed by atoms with Crippen LogP contribution >= 0.6 is 23.2 Å². The van der Waals surface area contributed by atoms with E-state index in [4.69, 9.17) is 28.9 Å². The Labute approximate surface area is 109 Å². The largest absolute Gasteiger partial charge is 0.397 e. The molecule has 1 atom stereocenters. The molecule has 4 nitrogen and oxygen atoms in total. The molecule has 0 fully saturated rings. The number of rotatable bonds is 3. The van der Waals surface area contributed by atoms with Gasteiger partial charge in [-0.2, -0.15) is 5.10 Å². The Morgan fingerprint density at radius 1 is 1.35 bits per heavy atom. The quantitative estimate of drug-likeness (QED) is 0.749. The molecule has 90 valence electrons. The van der Waals surface area contributed by atoms with Crippen molar-refractivity contribution in [2.24, 2.45) is 0 Å². The highest BCUT2D eigenvalue weighted by Crippen LogP contribution is 2.32. The second-order valence-corrected chi connectivity index (χ2v) is 4.57. The number of anilines is 2. The first-order valence-electron chi connectivity index (χ1n) is 5.07. The summed E-state index contributed by atoms with van der Waals surface area (Å²) < 4.78 is 0. The first kappa shape index (κ1) is 12.1. The van der Waals surface area contributed by atoms with E-state index in [1.165, 1.54) is 0 Å². The standard InChI is InChI=1S/C11H12Cl2N4/c1-6(7-4-15-16-5-7)17-11-3-9(13)8(12)2-10(11)14/h2-6,17H,14H2,1H3,(H,15,16). The molecule has 0 spiro atoms. The fourth-order valence-electron chi connectivity index (χ4n) is 1.50. The van der Waals surface area contributed by atoms with Gasteiger partial charge in [0.2, 0.25) is 0 Å². The molecular formula is C11H12Cl2N4. The normalized spacial score (nSPS) is 12.4. The first-order chi connectivity index (χ1) is 8.08. The number of hydrogen-bond donors (Lipinski definition) is 3. The molecule has 6 heteroatoms. The number of nitrogen functional groups attached to an aromatic ring is 1. The van der Waals surface area contributed by atoms with Crippen molar-refractivity contribution < 1.29 is 0 Å². The minimum absolute atomic E-state index is 0.0771. The molecular weight excluding hydrogens is 259 g/mol. The van der Waals surface area contributed by atoms with Crippen molar-refractivity contribution in [3.8, 4) is 0 Å². The van der Waals surface area contributed by atoms with Crippen LogP contribution in [0.15, 0.2) is 24.5 Å². The number of aromatic amines is 1. The lowest BCUT2D eigenvalue weighted by Gasteiger charge is -2.16. The second kappa shape index (κ2) is 4.85. The van der Waals surface area contributed by atoms with Gasteiger partial charge in [0.05, 0.1) is 33.7 Å². The summed E-state index contributed by atoms with van der Waals surface area (Å²) in [4.78, 5) is 0. The van der Waals surface area contributed by atoms with Gasteiger partial charge in [-0.3, -0.25) is 5.10 Å². The van der Waals surface area contributed by atoms with E-state index in [0.717, 1.165) is 11.3 Å². The van der Waals surface area contributed by atoms with Crippen molar-refractivity contribution in [1.29, 1.82) is 0 Å². The maximum absolute atomic E-state index is 5.95. The van der Waals surface area contributed by atoms with Crippen LogP contribution in [-0.2, 0) is 0 Å². The number of benzene rings is 1. The van der Waals surface area contributed by atoms with Crippen LogP contribution in [0.1, 0.15) is 18.5 Å². The molecule has 0 aliphatic carbocycles. The highest BCUT2D eigenvalue weighted by molar-refractivity contribution is 6.42. The summed E-state index contributed by atoms with van der Waals surface area (Å²) in [6, 6.07) is 3.43. The molecule has 17 heavy (non-hydrogen) atoms. The van der Waals surface area contributed by atoms with Crippen LogP contribution in [0.2, 0.25) is 10.0 Å². The average Bonchev–Trinajstić information content (AvgIpc) is 2.79. The Kier molecular flexibility index (Phi) is 3.45. The van der Waals surface area contributed by atoms with E-state index in [1.54, 1.807) is 18.3 Å². The first-order valence-corrected chi connectivity index (χ1v) is 5.83. The van der Waals surface area contributed by atoms with Crippen molar-refractivity contribution in [3.63, 3.8) is 0 Å². The third-order valence-electron chi connectivity index (χ3n) is 2.48. The van der Waals surface area contributed by atoms with Gasteiger partial charge in [-0.05, 0) is 19.1 Å². The van der Waals surface area contributed by atoms with Crippen LogP contribution in [0.5, 0.6) is 0 Å². The third kappa shape index (κ3) is 2.65. The number of H-pyrrole nitrogens is 1. The molecule has 2 aromatic rings. The van der Waals surface area contributed by atoms with Crippen LogP contribution in [0.4, 0.5) is 11.4 Å². The van der Waals surface area contributed by atoms with E-state index >= 15 is 0 Å². The maximum Gasteiger partial charge on any atom is 0.0614 e. The van der Waals surface area contributed by atoms with E-state index < -0.39 is 0 Å². The smallest absolute Gasteiger partial charge is 0.0614 e. The van der Waals surface area contributed by atoms with Gasteiger partial charge in [0.1, 0.15) is 0 Å². The van der Waals surface area contributed by atoms with E-state index in [1.807, 2.05) is 13.1 Å². The molecule has 0 aliphatic rings. The number of aromatic nitrogens is 2. The summed E-state index contributed by atoms with van der Waals surface area (Å²) in [5.74, 6) is 0. The predicted octanol–water partition coefficient (Wildman–Crippen LogP) is 3.47. The molecule has 0 saturated carbocycles. The van der Waals surface area contributed by atoms with E-state index in [0.29, 0.717) is 15.7 Å². The molecule has 1 heterocycles. The lowest BCUT2D eigenvalue weighted by atomic mass is 10.1. The molecule has 0 amide bonds. The minimum atomic E-state index is 0.0771. The Morgan fingerprint density at radius 3 is 2.71 bits per heavy atom. The highest BCUT2D eigenvalue weighted by Gasteiger charge is 2.10. The molecule has 0 bridgehead atoms. The Balaban J connectivity index is 2.22. The van der Waals surface area contributed by atoms with Crippen molar-refractivity contribution in [3.05, 3.63) is 40.1 Å². The molecule has 1 unspecified atom stereocenters. The Hall–Kier alpha value is -1.39. The van der Waals surface area contributed by atoms with Gasteiger partial charge < -0.3 is 11.1 Å². The predicted molar refractivity (Wildman–Crippen MR) is 71.5 cm³/mol. The van der Waals surface area contributed by atoms with Crippen LogP contribution in [0, 0.1) is 0 Å². The number of hydrogen-bond acceptors (Lipinski definition) is 3. The van der Waals surface area contributed by atoms with Gasteiger partial charge >= 0.3 is 0 Å².